The van der Waals surface area contributed by atoms with Crippen LogP contribution in [0, 0.1) is 0 Å². The summed E-state index contributed by atoms with van der Waals surface area (Å²) >= 11 is 13.4. The van der Waals surface area contributed by atoms with Crippen molar-refractivity contribution in [2.45, 2.75) is 22.7 Å². The highest BCUT2D eigenvalue weighted by Gasteiger charge is 2.77. The van der Waals surface area contributed by atoms with Crippen molar-refractivity contribution in [1.82, 2.24) is 9.80 Å². The number of thioether (sulfide) groups is 1. The zero-order valence-corrected chi connectivity index (χ0v) is 22.6. The van der Waals surface area contributed by atoms with E-state index in [1.165, 1.54) is 11.8 Å². The lowest BCUT2D eigenvalue weighted by Gasteiger charge is -2.41. The molecule has 3 aromatic carbocycles. The minimum Gasteiger partial charge on any atom is -0.497 e. The number of halogens is 1. The molecular formula is C28H24ClN3O3S2. The van der Waals surface area contributed by atoms with Crippen LogP contribution in [0.2, 0.25) is 5.02 Å². The van der Waals surface area contributed by atoms with E-state index in [0.717, 1.165) is 28.1 Å². The van der Waals surface area contributed by atoms with Gasteiger partial charge in [-0.25, -0.2) is 0 Å². The van der Waals surface area contributed by atoms with Crippen LogP contribution in [0.1, 0.15) is 22.6 Å². The third kappa shape index (κ3) is 3.32. The third-order valence-corrected chi connectivity index (χ3v) is 9.95. The lowest BCUT2D eigenvalue weighted by atomic mass is 9.72. The first-order valence-electron chi connectivity index (χ1n) is 11.9. The number of carbonyl (C=O) groups is 2. The number of fused-ring (bicyclic) bond motifs is 3. The molecule has 37 heavy (non-hydrogen) atoms. The minimum absolute atomic E-state index is 0.158. The van der Waals surface area contributed by atoms with Crippen LogP contribution in [0.5, 0.6) is 5.75 Å². The highest BCUT2D eigenvalue weighted by molar-refractivity contribution is 8.25. The molecule has 1 N–H and O–H groups in total. The van der Waals surface area contributed by atoms with Crippen molar-refractivity contribution in [3.05, 3.63) is 94.5 Å². The Balaban J connectivity index is 1.52. The number of likely N-dealkylation sites (N-methyl/N-ethyl adjacent to an activating group) is 1. The molecule has 0 radical (unpaired) electrons. The summed E-state index contributed by atoms with van der Waals surface area (Å²) in [5.41, 5.74) is 2.17. The minimum atomic E-state index is -1.23. The van der Waals surface area contributed by atoms with Gasteiger partial charge in [-0.3, -0.25) is 19.4 Å². The van der Waals surface area contributed by atoms with Gasteiger partial charge in [0.2, 0.25) is 5.91 Å². The Bertz CT molecular complexity index is 1430. The molecule has 0 unspecified atom stereocenters. The Labute approximate surface area is 229 Å². The molecule has 0 saturated carbocycles. The molecule has 3 aliphatic heterocycles. The second-order valence-electron chi connectivity index (χ2n) is 9.54. The SMILES string of the molecule is COc1ccc(CN2C(=O)[C@]3(SC2=S)[C@@H](c2ccc(Cl)cc2)CN(C)[C@@]32C(=O)Nc3ccccc32)cc1. The van der Waals surface area contributed by atoms with E-state index >= 15 is 0 Å². The van der Waals surface area contributed by atoms with Gasteiger partial charge in [-0.2, -0.15) is 0 Å². The number of thiocarbonyl (C=S) groups is 1. The van der Waals surface area contributed by atoms with E-state index < -0.39 is 10.3 Å². The number of carbonyl (C=O) groups excluding carboxylic acids is 2. The number of likely N-dealkylation sites (tertiary alicyclic amines) is 1. The lowest BCUT2D eigenvalue weighted by Crippen LogP contribution is -2.61. The molecule has 2 fully saturated rings. The molecule has 3 atom stereocenters. The summed E-state index contributed by atoms with van der Waals surface area (Å²) in [6.45, 7) is 0.813. The fourth-order valence-corrected chi connectivity index (χ4v) is 8.38. The van der Waals surface area contributed by atoms with Crippen molar-refractivity contribution < 1.29 is 14.3 Å². The van der Waals surface area contributed by atoms with E-state index in [4.69, 9.17) is 28.6 Å². The van der Waals surface area contributed by atoms with Crippen molar-refractivity contribution in [2.24, 2.45) is 0 Å². The summed E-state index contributed by atoms with van der Waals surface area (Å²) in [7, 11) is 3.54. The van der Waals surface area contributed by atoms with Crippen LogP contribution in [-0.4, -0.2) is 51.4 Å². The number of para-hydroxylation sites is 1. The molecule has 6 rings (SSSR count). The summed E-state index contributed by atoms with van der Waals surface area (Å²) in [5.74, 6) is 0.0726. The van der Waals surface area contributed by atoms with Crippen LogP contribution in [0.3, 0.4) is 0 Å². The Morgan fingerprint density at radius 2 is 1.78 bits per heavy atom. The van der Waals surface area contributed by atoms with Crippen LogP contribution in [-0.2, 0) is 21.7 Å². The summed E-state index contributed by atoms with van der Waals surface area (Å²) in [4.78, 5) is 32.4. The summed E-state index contributed by atoms with van der Waals surface area (Å²) < 4.78 is 4.55. The van der Waals surface area contributed by atoms with Gasteiger partial charge in [0.1, 0.15) is 14.8 Å². The van der Waals surface area contributed by atoms with E-state index in [-0.39, 0.29) is 17.7 Å². The lowest BCUT2D eigenvalue weighted by molar-refractivity contribution is -0.138. The number of nitrogens with one attached hydrogen (secondary N) is 1. The fourth-order valence-electron chi connectivity index (χ4n) is 6.12. The number of amides is 2. The number of hydrogen-bond donors (Lipinski definition) is 1. The molecule has 188 valence electrons. The van der Waals surface area contributed by atoms with Crippen LogP contribution in [0.15, 0.2) is 72.8 Å². The van der Waals surface area contributed by atoms with E-state index in [1.54, 1.807) is 12.0 Å². The molecule has 0 aromatic heterocycles. The Hall–Kier alpha value is -2.91. The maximum atomic E-state index is 14.7. The number of nitrogens with zero attached hydrogens (tertiary/aromatic N) is 2. The van der Waals surface area contributed by atoms with Gasteiger partial charge in [-0.1, -0.05) is 78.0 Å². The van der Waals surface area contributed by atoms with E-state index in [1.807, 2.05) is 84.7 Å². The first-order chi connectivity index (χ1) is 17.8. The van der Waals surface area contributed by atoms with E-state index in [9.17, 15) is 9.59 Å². The molecule has 3 aromatic rings. The smallest absolute Gasteiger partial charge is 0.251 e. The molecular weight excluding hydrogens is 526 g/mol. The van der Waals surface area contributed by atoms with Crippen LogP contribution in [0.4, 0.5) is 5.69 Å². The number of anilines is 1. The quantitative estimate of drug-likeness (QED) is 0.461. The predicted molar refractivity (Wildman–Crippen MR) is 150 cm³/mol. The topological polar surface area (TPSA) is 61.9 Å². The Morgan fingerprint density at radius 3 is 2.49 bits per heavy atom. The van der Waals surface area contributed by atoms with Crippen molar-refractivity contribution >= 4 is 57.4 Å². The van der Waals surface area contributed by atoms with Crippen molar-refractivity contribution in [3.63, 3.8) is 0 Å². The third-order valence-electron chi connectivity index (χ3n) is 7.75. The molecule has 2 amide bonds. The molecule has 3 aliphatic rings. The van der Waals surface area contributed by atoms with Gasteiger partial charge in [-0.15, -0.1) is 0 Å². The monoisotopic (exact) mass is 549 g/mol. The molecule has 3 heterocycles. The van der Waals surface area contributed by atoms with Crippen LogP contribution >= 0.6 is 35.6 Å². The van der Waals surface area contributed by atoms with E-state index in [2.05, 4.69) is 5.32 Å². The van der Waals surface area contributed by atoms with Gasteiger partial charge in [0, 0.05) is 28.7 Å². The van der Waals surface area contributed by atoms with Gasteiger partial charge in [0.15, 0.2) is 5.54 Å². The molecule has 9 heteroatoms. The van der Waals surface area contributed by atoms with E-state index in [0.29, 0.717) is 22.4 Å². The number of hydrogen-bond acceptors (Lipinski definition) is 6. The first-order valence-corrected chi connectivity index (χ1v) is 13.5. The Kier molecular flexibility index (Phi) is 5.84. The van der Waals surface area contributed by atoms with Gasteiger partial charge >= 0.3 is 0 Å². The number of ether oxygens (including phenoxy) is 1. The van der Waals surface area contributed by atoms with Crippen molar-refractivity contribution in [1.29, 1.82) is 0 Å². The van der Waals surface area contributed by atoms with Gasteiger partial charge < -0.3 is 10.1 Å². The summed E-state index contributed by atoms with van der Waals surface area (Å²) in [6.07, 6.45) is 0. The predicted octanol–water partition coefficient (Wildman–Crippen LogP) is 5.02. The van der Waals surface area contributed by atoms with Gasteiger partial charge in [0.05, 0.1) is 13.7 Å². The molecule has 2 saturated heterocycles. The summed E-state index contributed by atoms with van der Waals surface area (Å²) in [5, 5.41) is 3.68. The molecule has 0 aliphatic carbocycles. The van der Waals surface area contributed by atoms with Crippen molar-refractivity contribution in [3.8, 4) is 5.75 Å². The first kappa shape index (κ1) is 24.4. The zero-order valence-electron chi connectivity index (χ0n) is 20.2. The van der Waals surface area contributed by atoms with Crippen molar-refractivity contribution in [2.75, 3.05) is 26.0 Å². The maximum absolute atomic E-state index is 14.7. The second kappa shape index (κ2) is 8.84. The highest BCUT2D eigenvalue weighted by atomic mass is 35.5. The average Bonchev–Trinajstić information content (AvgIpc) is 3.45. The maximum Gasteiger partial charge on any atom is 0.251 e. The van der Waals surface area contributed by atoms with Gasteiger partial charge in [0.25, 0.3) is 5.91 Å². The number of rotatable bonds is 4. The molecule has 0 bridgehead atoms. The number of benzene rings is 3. The largest absolute Gasteiger partial charge is 0.497 e. The normalized spacial score (nSPS) is 26.8. The summed E-state index contributed by atoms with van der Waals surface area (Å²) in [6, 6.07) is 22.8. The molecule has 2 spiro atoms. The Morgan fingerprint density at radius 1 is 1.08 bits per heavy atom. The number of methoxy groups -OCH3 is 1. The van der Waals surface area contributed by atoms with Crippen LogP contribution < -0.4 is 10.1 Å². The standard InChI is InChI=1S/C28H24ClN3O3S2/c1-31-16-22(18-9-11-19(29)12-10-18)28(27(31)21-5-3-4-6-23(21)30-24(27)33)25(34)32(26(36)37-28)15-17-7-13-20(35-2)14-8-17/h3-14,22H,15-16H2,1-2H3,(H,30,33)/t22-,27+,28-/m1/s1. The second-order valence-corrected chi connectivity index (χ2v) is 11.9. The molecule has 6 nitrogen and oxygen atoms in total. The van der Waals surface area contributed by atoms with Crippen LogP contribution in [0.25, 0.3) is 0 Å². The average molecular weight is 550 g/mol. The highest BCUT2D eigenvalue weighted by Crippen LogP contribution is 2.65. The zero-order chi connectivity index (χ0) is 25.9. The fraction of sp³-hybridized carbons (Fsp3) is 0.250. The van der Waals surface area contributed by atoms with Gasteiger partial charge in [-0.05, 0) is 48.5 Å².